The molecule has 0 atom stereocenters. The Bertz CT molecular complexity index is 1110. The molecule has 180 valence electrons. The lowest BCUT2D eigenvalue weighted by molar-refractivity contribution is -0.274. The van der Waals surface area contributed by atoms with Crippen molar-refractivity contribution in [3.05, 3.63) is 71.4 Å². The first kappa shape index (κ1) is 24.1. The molecular weight excluding hydrogens is 469 g/mol. The van der Waals surface area contributed by atoms with Gasteiger partial charge in [0, 0.05) is 44.5 Å². The number of ether oxygens (including phenoxy) is 1. The minimum atomic E-state index is -4.70. The van der Waals surface area contributed by atoms with Crippen molar-refractivity contribution in [1.29, 1.82) is 0 Å². The van der Waals surface area contributed by atoms with Crippen LogP contribution in [-0.4, -0.2) is 58.4 Å². The Kier molecular flexibility index (Phi) is 7.42. The highest BCUT2D eigenvalue weighted by Crippen LogP contribution is 2.27. The van der Waals surface area contributed by atoms with Gasteiger partial charge in [-0.25, -0.2) is 0 Å². The van der Waals surface area contributed by atoms with Gasteiger partial charge in [-0.2, -0.15) is 4.98 Å². The third-order valence-corrected chi connectivity index (χ3v) is 6.34. The predicted molar refractivity (Wildman–Crippen MR) is 119 cm³/mol. The van der Waals surface area contributed by atoms with Crippen LogP contribution in [0.4, 0.5) is 13.2 Å². The van der Waals surface area contributed by atoms with Gasteiger partial charge < -0.3 is 14.2 Å². The maximum absolute atomic E-state index is 13.2. The van der Waals surface area contributed by atoms with Gasteiger partial charge in [-0.3, -0.25) is 9.69 Å². The summed E-state index contributed by atoms with van der Waals surface area (Å²) in [7, 11) is 0. The summed E-state index contributed by atoms with van der Waals surface area (Å²) in [6.45, 7) is 4.79. The van der Waals surface area contributed by atoms with Crippen LogP contribution in [0.1, 0.15) is 27.6 Å². The van der Waals surface area contributed by atoms with E-state index in [1.807, 2.05) is 29.2 Å². The summed E-state index contributed by atoms with van der Waals surface area (Å²) in [5.41, 5.74) is 1.52. The first-order valence-electron chi connectivity index (χ1n) is 10.6. The Labute approximate surface area is 198 Å². The molecule has 0 aliphatic carbocycles. The molecule has 2 aromatic carbocycles. The fourth-order valence-electron chi connectivity index (χ4n) is 3.65. The Morgan fingerprint density at radius 3 is 2.44 bits per heavy atom. The number of nitrogens with zero attached hydrogens (tertiary/aromatic N) is 4. The number of rotatable bonds is 7. The number of piperazine rings is 1. The van der Waals surface area contributed by atoms with E-state index >= 15 is 0 Å². The molecule has 0 saturated carbocycles. The molecule has 1 aromatic heterocycles. The first-order chi connectivity index (χ1) is 16.3. The molecule has 1 saturated heterocycles. The predicted octanol–water partition coefficient (Wildman–Crippen LogP) is 4.53. The summed E-state index contributed by atoms with van der Waals surface area (Å²) in [6.07, 6.45) is -4.70. The molecule has 2 heterocycles. The van der Waals surface area contributed by atoms with E-state index in [9.17, 15) is 18.0 Å². The monoisotopic (exact) mass is 492 g/mol. The third kappa shape index (κ3) is 6.51. The minimum Gasteiger partial charge on any atom is -0.406 e. The van der Waals surface area contributed by atoms with Crippen LogP contribution in [0.3, 0.4) is 0 Å². The molecule has 3 aromatic rings. The zero-order chi connectivity index (χ0) is 24.1. The van der Waals surface area contributed by atoms with E-state index in [1.54, 1.807) is 19.1 Å². The number of aromatic nitrogens is 2. The number of aryl methyl sites for hydroxylation is 1. The molecular formula is C23H23F3N4O3S. The number of halogens is 3. The molecule has 0 radical (unpaired) electrons. The third-order valence-electron chi connectivity index (χ3n) is 5.27. The highest BCUT2D eigenvalue weighted by Gasteiger charge is 2.31. The molecule has 11 heteroatoms. The van der Waals surface area contributed by atoms with Crippen LogP contribution in [0.25, 0.3) is 0 Å². The lowest BCUT2D eigenvalue weighted by Crippen LogP contribution is -2.48. The van der Waals surface area contributed by atoms with Crippen molar-refractivity contribution >= 4 is 17.7 Å². The number of carbonyl (C=O) groups excluding carboxylic acids is 1. The average Bonchev–Trinajstić information content (AvgIpc) is 3.23. The summed E-state index contributed by atoms with van der Waals surface area (Å²) < 4.78 is 45.8. The molecule has 0 bridgehead atoms. The zero-order valence-corrected chi connectivity index (χ0v) is 19.2. The number of carbonyl (C=O) groups is 1. The molecule has 1 fully saturated rings. The molecule has 34 heavy (non-hydrogen) atoms. The molecule has 0 spiro atoms. The van der Waals surface area contributed by atoms with Crippen molar-refractivity contribution in [2.24, 2.45) is 0 Å². The number of thioether (sulfide) groups is 1. The number of benzene rings is 2. The van der Waals surface area contributed by atoms with Gasteiger partial charge >= 0.3 is 6.36 Å². The van der Waals surface area contributed by atoms with Crippen molar-refractivity contribution in [2.75, 3.05) is 26.2 Å². The van der Waals surface area contributed by atoms with Crippen molar-refractivity contribution in [3.63, 3.8) is 0 Å². The SMILES string of the molecule is Cc1nc(CSc2ccccc2C(=O)N2CCN(Cc3ccc(OC(F)(F)F)cc3)CC2)no1. The molecule has 1 aliphatic rings. The summed E-state index contributed by atoms with van der Waals surface area (Å²) >= 11 is 1.49. The summed E-state index contributed by atoms with van der Waals surface area (Å²) in [4.78, 5) is 22.2. The van der Waals surface area contributed by atoms with E-state index in [2.05, 4.69) is 19.8 Å². The second-order valence-corrected chi connectivity index (χ2v) is 8.79. The highest BCUT2D eigenvalue weighted by atomic mass is 32.2. The zero-order valence-electron chi connectivity index (χ0n) is 18.4. The van der Waals surface area contributed by atoms with E-state index in [-0.39, 0.29) is 11.7 Å². The molecule has 7 nitrogen and oxygen atoms in total. The smallest absolute Gasteiger partial charge is 0.406 e. The standard InChI is InChI=1S/C23H23F3N4O3S/c1-16-27-21(28-33-16)15-34-20-5-3-2-4-19(20)22(31)30-12-10-29(11-13-30)14-17-6-8-18(9-7-17)32-23(24,25)26/h2-9H,10-15H2,1H3. The second-order valence-electron chi connectivity index (χ2n) is 7.77. The van der Waals surface area contributed by atoms with Crippen molar-refractivity contribution in [2.45, 2.75) is 30.5 Å². The Morgan fingerprint density at radius 1 is 1.09 bits per heavy atom. The molecule has 4 rings (SSSR count). The van der Waals surface area contributed by atoms with Gasteiger partial charge in [0.1, 0.15) is 5.75 Å². The van der Waals surface area contributed by atoms with Crippen molar-refractivity contribution in [1.82, 2.24) is 19.9 Å². The van der Waals surface area contributed by atoms with Crippen LogP contribution < -0.4 is 4.74 Å². The Hall–Kier alpha value is -3.05. The lowest BCUT2D eigenvalue weighted by atomic mass is 10.1. The lowest BCUT2D eigenvalue weighted by Gasteiger charge is -2.35. The van der Waals surface area contributed by atoms with Crippen LogP contribution in [0.15, 0.2) is 57.9 Å². The van der Waals surface area contributed by atoms with Gasteiger partial charge in [-0.1, -0.05) is 29.4 Å². The number of alkyl halides is 3. The van der Waals surface area contributed by atoms with Crippen LogP contribution >= 0.6 is 11.8 Å². The van der Waals surface area contributed by atoms with Crippen molar-refractivity contribution < 1.29 is 27.2 Å². The van der Waals surface area contributed by atoms with Gasteiger partial charge in [0.05, 0.1) is 11.3 Å². The average molecular weight is 493 g/mol. The van der Waals surface area contributed by atoms with Crippen molar-refractivity contribution in [3.8, 4) is 5.75 Å². The van der Waals surface area contributed by atoms with Gasteiger partial charge in [0.2, 0.25) is 5.89 Å². The number of hydrogen-bond donors (Lipinski definition) is 0. The van der Waals surface area contributed by atoms with Gasteiger partial charge in [0.15, 0.2) is 5.82 Å². The summed E-state index contributed by atoms with van der Waals surface area (Å²) in [5, 5.41) is 3.89. The van der Waals surface area contributed by atoms with Gasteiger partial charge in [0.25, 0.3) is 5.91 Å². The Morgan fingerprint density at radius 2 is 1.79 bits per heavy atom. The summed E-state index contributed by atoms with van der Waals surface area (Å²) in [6, 6.07) is 13.3. The van der Waals surface area contributed by atoms with Crippen LogP contribution in [-0.2, 0) is 12.3 Å². The Balaban J connectivity index is 1.31. The van der Waals surface area contributed by atoms with E-state index in [0.29, 0.717) is 55.8 Å². The topological polar surface area (TPSA) is 71.7 Å². The largest absolute Gasteiger partial charge is 0.573 e. The van der Waals surface area contributed by atoms with Crippen LogP contribution in [0.2, 0.25) is 0 Å². The normalized spacial score (nSPS) is 14.9. The highest BCUT2D eigenvalue weighted by molar-refractivity contribution is 7.98. The van der Waals surface area contributed by atoms with Crippen LogP contribution in [0, 0.1) is 6.92 Å². The van der Waals surface area contributed by atoms with E-state index < -0.39 is 6.36 Å². The van der Waals surface area contributed by atoms with E-state index in [0.717, 1.165) is 10.5 Å². The fraction of sp³-hybridized carbons (Fsp3) is 0.348. The van der Waals surface area contributed by atoms with Gasteiger partial charge in [-0.05, 0) is 29.8 Å². The summed E-state index contributed by atoms with van der Waals surface area (Å²) in [5.74, 6) is 1.32. The van der Waals surface area contributed by atoms with E-state index in [1.165, 1.54) is 23.9 Å². The molecule has 1 amide bonds. The molecule has 0 unspecified atom stereocenters. The second kappa shape index (κ2) is 10.5. The first-order valence-corrected chi connectivity index (χ1v) is 11.6. The van der Waals surface area contributed by atoms with Gasteiger partial charge in [-0.15, -0.1) is 24.9 Å². The molecule has 0 N–H and O–H groups in total. The van der Waals surface area contributed by atoms with E-state index in [4.69, 9.17) is 4.52 Å². The van der Waals surface area contributed by atoms with Crippen LogP contribution in [0.5, 0.6) is 5.75 Å². The number of amides is 1. The molecule has 1 aliphatic heterocycles. The fourth-order valence-corrected chi connectivity index (χ4v) is 4.53. The maximum atomic E-state index is 13.2. The number of hydrogen-bond acceptors (Lipinski definition) is 7. The minimum absolute atomic E-state index is 0.0271. The maximum Gasteiger partial charge on any atom is 0.573 e. The quantitative estimate of drug-likeness (QED) is 0.449.